The van der Waals surface area contributed by atoms with Gasteiger partial charge in [0.15, 0.2) is 0 Å². The Balaban J connectivity index is 2.66. The van der Waals surface area contributed by atoms with E-state index in [0.717, 1.165) is 89.9 Å². The number of carbonyl (C=O) groups excluding carboxylic acids is 4. The predicted octanol–water partition coefficient (Wildman–Crippen LogP) is 14.8. The molecule has 406 valence electrons. The van der Waals surface area contributed by atoms with Crippen molar-refractivity contribution in [2.45, 2.75) is 298 Å². The summed E-state index contributed by atoms with van der Waals surface area (Å²) < 4.78 is 18.0. The average molecular weight is 977 g/mol. The monoisotopic (exact) mass is 976 g/mol. The van der Waals surface area contributed by atoms with E-state index < -0.39 is 16.9 Å². The van der Waals surface area contributed by atoms with E-state index in [4.69, 9.17) is 14.2 Å². The third kappa shape index (κ3) is 30.4. The van der Waals surface area contributed by atoms with Crippen LogP contribution in [0.4, 0.5) is 0 Å². The lowest BCUT2D eigenvalue weighted by atomic mass is 9.85. The lowest BCUT2D eigenvalue weighted by molar-refractivity contribution is -0.161. The zero-order valence-electron chi connectivity index (χ0n) is 47.4. The lowest BCUT2D eigenvalue weighted by Gasteiger charge is -2.35. The molecule has 10 nitrogen and oxygen atoms in total. The maximum atomic E-state index is 13.8. The van der Waals surface area contributed by atoms with Gasteiger partial charge in [-0.2, -0.15) is 0 Å². The van der Waals surface area contributed by atoms with E-state index in [1.165, 1.54) is 116 Å². The van der Waals surface area contributed by atoms with Crippen molar-refractivity contribution in [2.75, 3.05) is 47.4 Å². The Labute approximate surface area is 426 Å². The highest BCUT2D eigenvalue weighted by Gasteiger charge is 2.40. The molecule has 0 aromatic rings. The van der Waals surface area contributed by atoms with Gasteiger partial charge in [0, 0.05) is 38.0 Å². The van der Waals surface area contributed by atoms with Gasteiger partial charge in [0.25, 0.3) is 0 Å². The Kier molecular flexibility index (Phi) is 37.0. The maximum absolute atomic E-state index is 13.8. The van der Waals surface area contributed by atoms with E-state index in [-0.39, 0.29) is 42.1 Å². The molecule has 1 rings (SSSR count). The van der Waals surface area contributed by atoms with Crippen molar-refractivity contribution >= 4 is 23.8 Å². The first-order valence-electron chi connectivity index (χ1n) is 29.3. The van der Waals surface area contributed by atoms with Gasteiger partial charge >= 0.3 is 17.9 Å². The van der Waals surface area contributed by atoms with Gasteiger partial charge in [-0.05, 0) is 98.7 Å². The first-order chi connectivity index (χ1) is 33.0. The van der Waals surface area contributed by atoms with Crippen LogP contribution in [-0.4, -0.2) is 110 Å². The van der Waals surface area contributed by atoms with Crippen molar-refractivity contribution in [3.8, 4) is 0 Å². The largest absolute Gasteiger partial charge is 0.465 e. The van der Waals surface area contributed by atoms with E-state index in [0.29, 0.717) is 39.1 Å². The van der Waals surface area contributed by atoms with Crippen LogP contribution in [0.25, 0.3) is 0 Å². The van der Waals surface area contributed by atoms with Crippen LogP contribution in [0.15, 0.2) is 0 Å². The summed E-state index contributed by atoms with van der Waals surface area (Å²) in [5, 5.41) is 0. The molecule has 0 N–H and O–H groups in total. The van der Waals surface area contributed by atoms with Crippen LogP contribution >= 0.6 is 0 Å². The van der Waals surface area contributed by atoms with Crippen molar-refractivity contribution in [3.05, 3.63) is 0 Å². The summed E-state index contributed by atoms with van der Waals surface area (Å²) in [6.07, 6.45) is 36.5. The third-order valence-corrected chi connectivity index (χ3v) is 15.0. The van der Waals surface area contributed by atoms with Gasteiger partial charge in [0.2, 0.25) is 5.91 Å². The molecule has 1 amide bonds. The third-order valence-electron chi connectivity index (χ3n) is 15.0. The molecule has 1 aliphatic rings. The van der Waals surface area contributed by atoms with Crippen LogP contribution in [0.5, 0.6) is 0 Å². The van der Waals surface area contributed by atoms with Crippen LogP contribution in [0, 0.1) is 10.8 Å². The van der Waals surface area contributed by atoms with Gasteiger partial charge in [0.05, 0.1) is 18.4 Å². The van der Waals surface area contributed by atoms with Crippen molar-refractivity contribution in [1.82, 2.24) is 14.7 Å². The lowest BCUT2D eigenvalue weighted by Crippen LogP contribution is -2.44. The second kappa shape index (κ2) is 39.3. The molecule has 0 aliphatic carbocycles. The van der Waals surface area contributed by atoms with Crippen molar-refractivity contribution in [2.24, 2.45) is 10.8 Å². The highest BCUT2D eigenvalue weighted by molar-refractivity contribution is 5.82. The number of hydrogen-bond donors (Lipinski definition) is 0. The minimum Gasteiger partial charge on any atom is -0.465 e. The standard InChI is InChI=1S/C59H113N3O7/c1-12-16-19-22-25-26-27-32-39-50(15-4)61(11)56(65)58(5,6)43-36-37-45-62-49-52(68-54(63)42-46-60(9)10)48-53(62)55(64)67-47-38-31-30-35-44-59(7,8)57(66)69-51(40-33-28-23-20-17-13-2)41-34-29-24-21-18-14-3/h50-53H,12-49H2,1-11H3/t50?,52-,53-/m0/s1. The topological polar surface area (TPSA) is 106 Å². The number of carbonyl (C=O) groups is 4. The Bertz CT molecular complexity index is 1300. The van der Waals surface area contributed by atoms with E-state index in [1.54, 1.807) is 0 Å². The second-order valence-electron chi connectivity index (χ2n) is 22.9. The number of rotatable bonds is 45. The molecule has 0 spiro atoms. The van der Waals surface area contributed by atoms with Gasteiger partial charge in [0.1, 0.15) is 18.2 Å². The Morgan fingerprint density at radius 2 is 1.07 bits per heavy atom. The van der Waals surface area contributed by atoms with E-state index in [9.17, 15) is 19.2 Å². The zero-order chi connectivity index (χ0) is 51.3. The first kappa shape index (κ1) is 64.8. The van der Waals surface area contributed by atoms with Crippen LogP contribution in [0.1, 0.15) is 274 Å². The molecule has 69 heavy (non-hydrogen) atoms. The summed E-state index contributed by atoms with van der Waals surface area (Å²) in [5.41, 5.74) is -1.01. The summed E-state index contributed by atoms with van der Waals surface area (Å²) in [4.78, 5) is 59.8. The number of hydrogen-bond acceptors (Lipinski definition) is 9. The fraction of sp³-hybridized carbons (Fsp3) is 0.932. The van der Waals surface area contributed by atoms with Crippen molar-refractivity contribution < 1.29 is 33.4 Å². The Hall–Kier alpha value is -2.20. The fourth-order valence-corrected chi connectivity index (χ4v) is 10.1. The molecule has 3 atom stereocenters. The summed E-state index contributed by atoms with van der Waals surface area (Å²) >= 11 is 0. The predicted molar refractivity (Wildman–Crippen MR) is 288 cm³/mol. The average Bonchev–Trinajstić information content (AvgIpc) is 3.72. The minimum absolute atomic E-state index is 0.0211. The molecule has 0 aromatic carbocycles. The van der Waals surface area contributed by atoms with Crippen LogP contribution in [0.3, 0.4) is 0 Å². The summed E-state index contributed by atoms with van der Waals surface area (Å²) in [6, 6.07) is -0.192. The number of unbranched alkanes of at least 4 members (excludes halogenated alkanes) is 21. The van der Waals surface area contributed by atoms with E-state index in [1.807, 2.05) is 44.8 Å². The molecule has 1 heterocycles. The molecule has 0 saturated carbocycles. The van der Waals surface area contributed by atoms with Crippen LogP contribution < -0.4 is 0 Å². The highest BCUT2D eigenvalue weighted by atomic mass is 16.6. The Morgan fingerprint density at radius 1 is 0.594 bits per heavy atom. The minimum atomic E-state index is -0.530. The molecule has 1 aliphatic heterocycles. The maximum Gasteiger partial charge on any atom is 0.323 e. The molecule has 1 fully saturated rings. The molecule has 0 bridgehead atoms. The fourth-order valence-electron chi connectivity index (χ4n) is 10.1. The Morgan fingerprint density at radius 3 is 1.61 bits per heavy atom. The number of ether oxygens (including phenoxy) is 3. The number of esters is 3. The van der Waals surface area contributed by atoms with Gasteiger partial charge in [-0.15, -0.1) is 0 Å². The van der Waals surface area contributed by atoms with Gasteiger partial charge in [-0.25, -0.2) is 0 Å². The molecule has 0 radical (unpaired) electrons. The number of likely N-dealkylation sites (tertiary alicyclic amines) is 1. The highest BCUT2D eigenvalue weighted by Crippen LogP contribution is 2.31. The molecular formula is C59H113N3O7. The normalized spacial score (nSPS) is 16.1. The SMILES string of the molecule is CCCCCCCCCCC(CC)N(C)C(=O)C(C)(C)CCCCN1C[C@@H](OC(=O)CCN(C)C)C[C@H]1C(=O)OCCCCCCC(C)(C)C(=O)OC(CCCCCCCC)CCCCCCCC. The number of nitrogens with zero attached hydrogens (tertiary/aromatic N) is 3. The van der Waals surface area contributed by atoms with Crippen LogP contribution in [-0.2, 0) is 33.4 Å². The van der Waals surface area contributed by atoms with E-state index in [2.05, 4.69) is 46.4 Å². The van der Waals surface area contributed by atoms with Crippen molar-refractivity contribution in [3.63, 3.8) is 0 Å². The van der Waals surface area contributed by atoms with Gasteiger partial charge < -0.3 is 24.0 Å². The zero-order valence-corrected chi connectivity index (χ0v) is 47.4. The van der Waals surface area contributed by atoms with E-state index >= 15 is 0 Å². The summed E-state index contributed by atoms with van der Waals surface area (Å²) in [5.74, 6) is -0.330. The van der Waals surface area contributed by atoms with Crippen LogP contribution in [0.2, 0.25) is 0 Å². The molecular weight excluding hydrogens is 863 g/mol. The quantitative estimate of drug-likeness (QED) is 0.0335. The molecule has 1 saturated heterocycles. The molecule has 1 unspecified atom stereocenters. The van der Waals surface area contributed by atoms with Gasteiger partial charge in [-0.1, -0.05) is 183 Å². The molecule has 0 aromatic heterocycles. The first-order valence-corrected chi connectivity index (χ1v) is 29.3. The summed E-state index contributed by atoms with van der Waals surface area (Å²) in [6.45, 7) is 19.3. The second-order valence-corrected chi connectivity index (χ2v) is 22.9. The summed E-state index contributed by atoms with van der Waals surface area (Å²) in [7, 11) is 5.87. The smallest absolute Gasteiger partial charge is 0.323 e. The van der Waals surface area contributed by atoms with Gasteiger partial charge in [-0.3, -0.25) is 24.1 Å². The number of amides is 1. The van der Waals surface area contributed by atoms with Crippen molar-refractivity contribution in [1.29, 1.82) is 0 Å². The molecule has 10 heteroatoms.